The summed E-state index contributed by atoms with van der Waals surface area (Å²) in [5.41, 5.74) is 0.0830. The van der Waals surface area contributed by atoms with Crippen LogP contribution < -0.4 is 5.32 Å². The van der Waals surface area contributed by atoms with E-state index in [1.165, 1.54) is 50.1 Å². The summed E-state index contributed by atoms with van der Waals surface area (Å²) in [7, 11) is 0. The first kappa shape index (κ1) is 15.4. The fraction of sp³-hybridized carbons (Fsp3) is 0.824. The van der Waals surface area contributed by atoms with Crippen LogP contribution in [0.3, 0.4) is 0 Å². The monoisotopic (exact) mass is 307 g/mol. The van der Waals surface area contributed by atoms with Crippen LogP contribution in [0, 0.1) is 0 Å². The van der Waals surface area contributed by atoms with Crippen molar-refractivity contribution in [3.63, 3.8) is 0 Å². The van der Waals surface area contributed by atoms with E-state index in [0.717, 1.165) is 18.1 Å². The van der Waals surface area contributed by atoms with Crippen LogP contribution >= 0.6 is 11.3 Å². The minimum absolute atomic E-state index is 0.0830. The van der Waals surface area contributed by atoms with Crippen LogP contribution in [-0.4, -0.2) is 34.6 Å². The maximum absolute atomic E-state index is 4.62. The van der Waals surface area contributed by atoms with Crippen LogP contribution in [0.4, 0.5) is 0 Å². The maximum atomic E-state index is 4.62. The molecule has 0 aliphatic carbocycles. The van der Waals surface area contributed by atoms with Gasteiger partial charge in [-0.15, -0.1) is 11.3 Å². The molecule has 2 bridgehead atoms. The van der Waals surface area contributed by atoms with Gasteiger partial charge in [0.1, 0.15) is 5.01 Å². The number of fused-ring (bicyclic) bond motifs is 2. The van der Waals surface area contributed by atoms with Crippen molar-refractivity contribution < 1.29 is 0 Å². The van der Waals surface area contributed by atoms with Crippen molar-refractivity contribution in [3.8, 4) is 0 Å². The van der Waals surface area contributed by atoms with Gasteiger partial charge in [0.15, 0.2) is 0 Å². The van der Waals surface area contributed by atoms with E-state index in [-0.39, 0.29) is 5.54 Å². The Labute approximate surface area is 133 Å². The van der Waals surface area contributed by atoms with Crippen LogP contribution in [0.5, 0.6) is 0 Å². The van der Waals surface area contributed by atoms with E-state index in [4.69, 9.17) is 0 Å². The summed E-state index contributed by atoms with van der Waals surface area (Å²) in [4.78, 5) is 7.43. The standard InChI is InChI=1S/C17H29N3S/c1-4-8-18-13-11-14-6-5-7-15(12-13)20(14)17(2,3)16-19-9-10-21-16/h9-10,13-15,18H,4-8,11-12H2,1-3H3. The minimum atomic E-state index is 0.0830. The third kappa shape index (κ3) is 3.03. The molecule has 2 aliphatic heterocycles. The number of hydrogen-bond acceptors (Lipinski definition) is 4. The van der Waals surface area contributed by atoms with E-state index in [9.17, 15) is 0 Å². The normalized spacial score (nSPS) is 30.5. The summed E-state index contributed by atoms with van der Waals surface area (Å²) in [5, 5.41) is 7.16. The van der Waals surface area contributed by atoms with Crippen molar-refractivity contribution in [2.24, 2.45) is 0 Å². The van der Waals surface area contributed by atoms with Crippen molar-refractivity contribution in [3.05, 3.63) is 16.6 Å². The highest BCUT2D eigenvalue weighted by Gasteiger charge is 2.46. The second kappa shape index (κ2) is 6.35. The Kier molecular flexibility index (Phi) is 4.67. The van der Waals surface area contributed by atoms with E-state index in [1.807, 2.05) is 17.5 Å². The number of rotatable bonds is 5. The average Bonchev–Trinajstić information content (AvgIpc) is 2.98. The molecule has 3 nitrogen and oxygen atoms in total. The third-order valence-corrected chi connectivity index (χ3v) is 6.34. The van der Waals surface area contributed by atoms with Gasteiger partial charge in [-0.1, -0.05) is 13.3 Å². The molecule has 2 atom stereocenters. The van der Waals surface area contributed by atoms with Crippen LogP contribution in [0.1, 0.15) is 64.3 Å². The molecule has 118 valence electrons. The first-order valence-electron chi connectivity index (χ1n) is 8.54. The van der Waals surface area contributed by atoms with E-state index < -0.39 is 0 Å². The predicted octanol–water partition coefficient (Wildman–Crippen LogP) is 3.76. The third-order valence-electron chi connectivity index (χ3n) is 5.26. The zero-order valence-electron chi connectivity index (χ0n) is 13.6. The lowest BCUT2D eigenvalue weighted by atomic mass is 9.78. The van der Waals surface area contributed by atoms with E-state index in [1.54, 1.807) is 0 Å². The molecule has 1 N–H and O–H groups in total. The lowest BCUT2D eigenvalue weighted by Crippen LogP contribution is -2.61. The molecule has 0 radical (unpaired) electrons. The fourth-order valence-corrected chi connectivity index (χ4v) is 5.21. The molecule has 4 heteroatoms. The molecular formula is C17H29N3S. The highest BCUT2D eigenvalue weighted by molar-refractivity contribution is 7.09. The predicted molar refractivity (Wildman–Crippen MR) is 89.7 cm³/mol. The zero-order valence-corrected chi connectivity index (χ0v) is 14.5. The first-order valence-corrected chi connectivity index (χ1v) is 9.42. The number of nitrogens with one attached hydrogen (secondary N) is 1. The van der Waals surface area contributed by atoms with Crippen molar-refractivity contribution >= 4 is 11.3 Å². The van der Waals surface area contributed by atoms with Crippen molar-refractivity contribution in [2.45, 2.75) is 83.0 Å². The molecule has 2 aliphatic rings. The van der Waals surface area contributed by atoms with Crippen LogP contribution in [-0.2, 0) is 5.54 Å². The number of piperidine rings is 2. The lowest BCUT2D eigenvalue weighted by Gasteiger charge is -2.55. The van der Waals surface area contributed by atoms with Gasteiger partial charge in [-0.3, -0.25) is 4.90 Å². The summed E-state index contributed by atoms with van der Waals surface area (Å²) in [5.74, 6) is 0. The van der Waals surface area contributed by atoms with Crippen LogP contribution in [0.15, 0.2) is 11.6 Å². The Hall–Kier alpha value is -0.450. The molecule has 2 unspecified atom stereocenters. The SMILES string of the molecule is CCCNC1CC2CCCC(C1)N2C(C)(C)c1nccs1. The molecule has 0 amide bonds. The summed E-state index contributed by atoms with van der Waals surface area (Å²) in [6.07, 6.45) is 9.93. The topological polar surface area (TPSA) is 28.2 Å². The van der Waals surface area contributed by atoms with Crippen molar-refractivity contribution in [1.29, 1.82) is 0 Å². The van der Waals surface area contributed by atoms with E-state index in [0.29, 0.717) is 0 Å². The molecule has 1 aromatic heterocycles. The fourth-order valence-electron chi connectivity index (χ4n) is 4.45. The number of aromatic nitrogens is 1. The highest BCUT2D eigenvalue weighted by atomic mass is 32.1. The second-order valence-corrected chi connectivity index (χ2v) is 8.06. The minimum Gasteiger partial charge on any atom is -0.314 e. The maximum Gasteiger partial charge on any atom is 0.112 e. The van der Waals surface area contributed by atoms with Gasteiger partial charge in [0.2, 0.25) is 0 Å². The zero-order chi connectivity index (χ0) is 14.9. The first-order chi connectivity index (χ1) is 10.1. The molecule has 2 fully saturated rings. The van der Waals surface area contributed by atoms with Gasteiger partial charge in [0.05, 0.1) is 5.54 Å². The van der Waals surface area contributed by atoms with Crippen LogP contribution in [0.2, 0.25) is 0 Å². The summed E-state index contributed by atoms with van der Waals surface area (Å²) < 4.78 is 0. The largest absolute Gasteiger partial charge is 0.314 e. The molecular weight excluding hydrogens is 278 g/mol. The number of nitrogens with zero attached hydrogens (tertiary/aromatic N) is 2. The lowest BCUT2D eigenvalue weighted by molar-refractivity contribution is -0.0511. The summed E-state index contributed by atoms with van der Waals surface area (Å²) in [6, 6.07) is 2.18. The van der Waals surface area contributed by atoms with Gasteiger partial charge in [0, 0.05) is 29.7 Å². The second-order valence-electron chi connectivity index (χ2n) is 7.16. The molecule has 2 saturated heterocycles. The van der Waals surface area contributed by atoms with Gasteiger partial charge in [-0.05, 0) is 52.5 Å². The average molecular weight is 308 g/mol. The van der Waals surface area contributed by atoms with Crippen molar-refractivity contribution in [1.82, 2.24) is 15.2 Å². The van der Waals surface area contributed by atoms with Gasteiger partial charge in [0.25, 0.3) is 0 Å². The molecule has 3 rings (SSSR count). The van der Waals surface area contributed by atoms with Gasteiger partial charge in [-0.2, -0.15) is 0 Å². The van der Waals surface area contributed by atoms with Gasteiger partial charge in [-0.25, -0.2) is 4.98 Å². The smallest absolute Gasteiger partial charge is 0.112 e. The van der Waals surface area contributed by atoms with E-state index in [2.05, 4.69) is 41.4 Å². The molecule has 0 aromatic carbocycles. The van der Waals surface area contributed by atoms with Gasteiger partial charge >= 0.3 is 0 Å². The molecule has 1 aromatic rings. The Morgan fingerprint density at radius 3 is 2.62 bits per heavy atom. The van der Waals surface area contributed by atoms with Crippen molar-refractivity contribution in [2.75, 3.05) is 6.54 Å². The molecule has 3 heterocycles. The molecule has 0 saturated carbocycles. The quantitative estimate of drug-likeness (QED) is 0.897. The highest BCUT2D eigenvalue weighted by Crippen LogP contribution is 2.43. The Morgan fingerprint density at radius 2 is 2.05 bits per heavy atom. The summed E-state index contributed by atoms with van der Waals surface area (Å²) >= 11 is 1.81. The van der Waals surface area contributed by atoms with E-state index >= 15 is 0 Å². The number of hydrogen-bond donors (Lipinski definition) is 1. The summed E-state index contributed by atoms with van der Waals surface area (Å²) in [6.45, 7) is 8.17. The molecule has 21 heavy (non-hydrogen) atoms. The number of thiazole rings is 1. The van der Waals surface area contributed by atoms with Crippen LogP contribution in [0.25, 0.3) is 0 Å². The Balaban J connectivity index is 1.77. The molecule has 0 spiro atoms. The Bertz CT molecular complexity index is 429. The Morgan fingerprint density at radius 1 is 1.33 bits per heavy atom. The van der Waals surface area contributed by atoms with Gasteiger partial charge < -0.3 is 5.32 Å².